The van der Waals surface area contributed by atoms with Crippen LogP contribution in [-0.4, -0.2) is 62.1 Å². The molecule has 0 bridgehead atoms. The van der Waals surface area contributed by atoms with Crippen LogP contribution in [0.4, 0.5) is 4.79 Å². The zero-order valence-electron chi connectivity index (χ0n) is 11.2. The monoisotopic (exact) mass is 242 g/mol. The van der Waals surface area contributed by atoms with E-state index in [1.165, 1.54) is 4.90 Å². The number of carbonyl (C=O) groups excluding carboxylic acids is 2. The molecule has 1 N–H and O–H groups in total. The third-order valence-electron chi connectivity index (χ3n) is 2.88. The second kappa shape index (κ2) is 6.00. The standard InChI is InChI=1S/C12H23N3O2/c1-15(2,3)10-8-13-12(17)14-9-6-4-5-7-11(14)16/h4-10H2,1-3H3/p+1. The average Bonchev–Trinajstić information content (AvgIpc) is 2.40. The topological polar surface area (TPSA) is 49.4 Å². The van der Waals surface area contributed by atoms with E-state index in [2.05, 4.69) is 26.5 Å². The van der Waals surface area contributed by atoms with Crippen LogP contribution < -0.4 is 5.32 Å². The number of nitrogens with zero attached hydrogens (tertiary/aromatic N) is 2. The van der Waals surface area contributed by atoms with E-state index < -0.39 is 0 Å². The van der Waals surface area contributed by atoms with Gasteiger partial charge in [0.15, 0.2) is 0 Å². The first-order valence-corrected chi connectivity index (χ1v) is 6.29. The Bertz CT molecular complexity index is 284. The fourth-order valence-corrected chi connectivity index (χ4v) is 1.79. The molecule has 98 valence electrons. The van der Waals surface area contributed by atoms with E-state index in [4.69, 9.17) is 0 Å². The Balaban J connectivity index is 2.38. The molecule has 0 unspecified atom stereocenters. The quantitative estimate of drug-likeness (QED) is 0.744. The van der Waals surface area contributed by atoms with Gasteiger partial charge in [-0.25, -0.2) is 4.79 Å². The number of hydrogen-bond acceptors (Lipinski definition) is 2. The van der Waals surface area contributed by atoms with Gasteiger partial charge in [-0.1, -0.05) is 6.42 Å². The van der Waals surface area contributed by atoms with Crippen molar-refractivity contribution in [3.8, 4) is 0 Å². The van der Waals surface area contributed by atoms with Crippen LogP contribution in [0.1, 0.15) is 25.7 Å². The van der Waals surface area contributed by atoms with Crippen LogP contribution in [-0.2, 0) is 4.79 Å². The van der Waals surface area contributed by atoms with E-state index >= 15 is 0 Å². The van der Waals surface area contributed by atoms with Gasteiger partial charge in [-0.15, -0.1) is 0 Å². The van der Waals surface area contributed by atoms with Gasteiger partial charge in [0.2, 0.25) is 5.91 Å². The molecule has 1 aliphatic heterocycles. The first kappa shape index (κ1) is 14.0. The van der Waals surface area contributed by atoms with Crippen LogP contribution in [0.2, 0.25) is 0 Å². The Hall–Kier alpha value is -1.10. The predicted octanol–water partition coefficient (Wildman–Crippen LogP) is 0.805. The van der Waals surface area contributed by atoms with E-state index in [9.17, 15) is 9.59 Å². The Labute approximate surface area is 103 Å². The number of likely N-dealkylation sites (tertiary alicyclic amines) is 1. The fourth-order valence-electron chi connectivity index (χ4n) is 1.79. The molecule has 0 aliphatic carbocycles. The molecule has 0 spiro atoms. The van der Waals surface area contributed by atoms with Gasteiger partial charge in [0, 0.05) is 13.0 Å². The fraction of sp³-hybridized carbons (Fsp3) is 0.833. The molecular weight excluding hydrogens is 218 g/mol. The zero-order chi connectivity index (χ0) is 12.9. The maximum absolute atomic E-state index is 11.8. The minimum Gasteiger partial charge on any atom is -0.332 e. The predicted molar refractivity (Wildman–Crippen MR) is 66.5 cm³/mol. The number of quaternary nitrogens is 1. The van der Waals surface area contributed by atoms with Gasteiger partial charge in [-0.3, -0.25) is 9.69 Å². The molecule has 0 saturated carbocycles. The molecule has 0 radical (unpaired) electrons. The molecule has 5 heteroatoms. The zero-order valence-corrected chi connectivity index (χ0v) is 11.2. The summed E-state index contributed by atoms with van der Waals surface area (Å²) in [6.07, 6.45) is 3.37. The SMILES string of the molecule is C[N+](C)(C)CCNC(=O)N1CCCCCC1=O. The number of nitrogens with one attached hydrogen (secondary N) is 1. The number of amides is 3. The van der Waals surface area contributed by atoms with Gasteiger partial charge in [-0.05, 0) is 12.8 Å². The second-order valence-corrected chi connectivity index (χ2v) is 5.60. The minimum atomic E-state index is -0.231. The van der Waals surface area contributed by atoms with E-state index in [0.717, 1.165) is 30.3 Å². The van der Waals surface area contributed by atoms with E-state index in [1.54, 1.807) is 0 Å². The first-order chi connectivity index (χ1) is 7.90. The van der Waals surface area contributed by atoms with Gasteiger partial charge >= 0.3 is 6.03 Å². The Morgan fingerprint density at radius 1 is 1.29 bits per heavy atom. The Morgan fingerprint density at radius 2 is 2.00 bits per heavy atom. The highest BCUT2D eigenvalue weighted by molar-refractivity contribution is 5.94. The Morgan fingerprint density at radius 3 is 2.65 bits per heavy atom. The number of hydrogen-bond donors (Lipinski definition) is 1. The van der Waals surface area contributed by atoms with Crippen molar-refractivity contribution in [1.29, 1.82) is 0 Å². The highest BCUT2D eigenvalue weighted by Gasteiger charge is 2.22. The van der Waals surface area contributed by atoms with Crippen molar-refractivity contribution in [3.63, 3.8) is 0 Å². The summed E-state index contributed by atoms with van der Waals surface area (Å²) in [5.74, 6) is -0.0368. The van der Waals surface area contributed by atoms with Crippen molar-refractivity contribution >= 4 is 11.9 Å². The maximum atomic E-state index is 11.8. The lowest BCUT2D eigenvalue weighted by Gasteiger charge is -2.25. The average molecular weight is 242 g/mol. The second-order valence-electron chi connectivity index (χ2n) is 5.60. The molecule has 1 aliphatic rings. The van der Waals surface area contributed by atoms with Gasteiger partial charge in [0.05, 0.1) is 34.2 Å². The summed E-state index contributed by atoms with van der Waals surface area (Å²) in [5, 5.41) is 2.82. The molecular formula is C12H24N3O2+. The van der Waals surface area contributed by atoms with E-state index in [-0.39, 0.29) is 11.9 Å². The van der Waals surface area contributed by atoms with Crippen LogP contribution in [0.25, 0.3) is 0 Å². The van der Waals surface area contributed by atoms with Crippen molar-refractivity contribution in [3.05, 3.63) is 0 Å². The van der Waals surface area contributed by atoms with Gasteiger partial charge in [0.1, 0.15) is 0 Å². The lowest BCUT2D eigenvalue weighted by Crippen LogP contribution is -2.47. The van der Waals surface area contributed by atoms with Crippen LogP contribution >= 0.6 is 0 Å². The molecule has 1 rings (SSSR count). The highest BCUT2D eigenvalue weighted by Crippen LogP contribution is 2.10. The molecule has 1 saturated heterocycles. The lowest BCUT2D eigenvalue weighted by atomic mass is 10.2. The maximum Gasteiger partial charge on any atom is 0.324 e. The summed E-state index contributed by atoms with van der Waals surface area (Å²) < 4.78 is 0.800. The Kier molecular flexibility index (Phi) is 4.93. The van der Waals surface area contributed by atoms with Crippen LogP contribution in [0, 0.1) is 0 Å². The lowest BCUT2D eigenvalue weighted by molar-refractivity contribution is -0.869. The summed E-state index contributed by atoms with van der Waals surface area (Å²) in [4.78, 5) is 24.9. The molecule has 1 heterocycles. The molecule has 0 atom stereocenters. The first-order valence-electron chi connectivity index (χ1n) is 6.29. The third-order valence-corrected chi connectivity index (χ3v) is 2.88. The highest BCUT2D eigenvalue weighted by atomic mass is 16.2. The van der Waals surface area contributed by atoms with E-state index in [0.29, 0.717) is 19.5 Å². The van der Waals surface area contributed by atoms with Crippen molar-refractivity contribution < 1.29 is 14.1 Å². The number of urea groups is 1. The van der Waals surface area contributed by atoms with Gasteiger partial charge in [0.25, 0.3) is 0 Å². The number of rotatable bonds is 3. The largest absolute Gasteiger partial charge is 0.332 e. The van der Waals surface area contributed by atoms with Gasteiger partial charge < -0.3 is 9.80 Å². The molecule has 5 nitrogen and oxygen atoms in total. The molecule has 1 fully saturated rings. The van der Waals surface area contributed by atoms with Crippen LogP contribution in [0.15, 0.2) is 0 Å². The number of imide groups is 1. The molecule has 0 aromatic carbocycles. The molecule has 17 heavy (non-hydrogen) atoms. The van der Waals surface area contributed by atoms with Crippen molar-refractivity contribution in [2.24, 2.45) is 0 Å². The molecule has 0 aromatic rings. The summed E-state index contributed by atoms with van der Waals surface area (Å²) in [5.41, 5.74) is 0. The van der Waals surface area contributed by atoms with Crippen molar-refractivity contribution in [1.82, 2.24) is 10.2 Å². The molecule has 0 aromatic heterocycles. The van der Waals surface area contributed by atoms with Crippen molar-refractivity contribution in [2.45, 2.75) is 25.7 Å². The number of likely N-dealkylation sites (N-methyl/N-ethyl adjacent to an activating group) is 1. The summed E-state index contributed by atoms with van der Waals surface area (Å²) >= 11 is 0. The normalized spacial score (nSPS) is 17.8. The van der Waals surface area contributed by atoms with Crippen LogP contribution in [0.3, 0.4) is 0 Å². The summed E-state index contributed by atoms with van der Waals surface area (Å²) in [7, 11) is 6.22. The van der Waals surface area contributed by atoms with E-state index in [1.807, 2.05) is 0 Å². The van der Waals surface area contributed by atoms with Crippen molar-refractivity contribution in [2.75, 3.05) is 40.8 Å². The number of carbonyl (C=O) groups is 2. The van der Waals surface area contributed by atoms with Gasteiger partial charge in [-0.2, -0.15) is 0 Å². The summed E-state index contributed by atoms with van der Waals surface area (Å²) in [6.45, 7) is 2.02. The smallest absolute Gasteiger partial charge is 0.324 e. The molecule has 3 amide bonds. The minimum absolute atomic E-state index is 0.0368. The summed E-state index contributed by atoms with van der Waals surface area (Å²) in [6, 6.07) is -0.231. The van der Waals surface area contributed by atoms with Crippen LogP contribution in [0.5, 0.6) is 0 Å². The third kappa shape index (κ3) is 5.17.